The first-order valence-electron chi connectivity index (χ1n) is 8.38. The molecule has 8 heteroatoms. The minimum absolute atomic E-state index is 0.813. The molecule has 4 rings (SSSR count). The van der Waals surface area contributed by atoms with Gasteiger partial charge in [0.05, 0.1) is 5.69 Å². The molecule has 7 nitrogen and oxygen atoms in total. The number of hydrogen-bond acceptors (Lipinski definition) is 7. The van der Waals surface area contributed by atoms with E-state index in [0.29, 0.717) is 0 Å². The predicted molar refractivity (Wildman–Crippen MR) is 99.9 cm³/mol. The molecular weight excluding hydrogens is 334 g/mol. The third-order valence-corrected chi connectivity index (χ3v) is 5.32. The second kappa shape index (κ2) is 6.44. The number of rotatable bonds is 3. The molecule has 0 bridgehead atoms. The van der Waals surface area contributed by atoms with Crippen LogP contribution in [0.3, 0.4) is 0 Å². The van der Waals surface area contributed by atoms with Crippen molar-refractivity contribution < 1.29 is 0 Å². The van der Waals surface area contributed by atoms with Crippen LogP contribution in [-0.2, 0) is 0 Å². The van der Waals surface area contributed by atoms with Crippen molar-refractivity contribution in [1.82, 2.24) is 24.7 Å². The van der Waals surface area contributed by atoms with Crippen LogP contribution in [0, 0.1) is 20.8 Å². The molecule has 130 valence electrons. The van der Waals surface area contributed by atoms with E-state index in [9.17, 15) is 0 Å². The number of nitrogens with zero attached hydrogens (tertiary/aromatic N) is 7. The summed E-state index contributed by atoms with van der Waals surface area (Å²) in [7, 11) is 0. The van der Waals surface area contributed by atoms with Crippen molar-refractivity contribution in [3.8, 4) is 5.82 Å². The Balaban J connectivity index is 1.50. The first kappa shape index (κ1) is 16.0. The van der Waals surface area contributed by atoms with Gasteiger partial charge in [-0.05, 0) is 26.8 Å². The third-order valence-electron chi connectivity index (χ3n) is 4.35. The summed E-state index contributed by atoms with van der Waals surface area (Å²) < 4.78 is 1.87. The molecule has 0 aliphatic carbocycles. The van der Waals surface area contributed by atoms with Crippen LogP contribution in [0.4, 0.5) is 10.9 Å². The molecule has 3 aromatic rings. The summed E-state index contributed by atoms with van der Waals surface area (Å²) in [6.45, 7) is 9.87. The molecule has 0 unspecified atom stereocenters. The molecule has 0 atom stereocenters. The standard InChI is InChI=1S/C17H21N7S/c1-12-8-13(2)24(21-12)16-9-15(19-11-20-16)22-4-6-23(7-5-22)17-18-10-14(3)25-17/h8-11H,4-7H2,1-3H3. The van der Waals surface area contributed by atoms with E-state index in [4.69, 9.17) is 0 Å². The molecule has 1 fully saturated rings. The summed E-state index contributed by atoms with van der Waals surface area (Å²) in [5.74, 6) is 1.76. The van der Waals surface area contributed by atoms with Crippen LogP contribution in [0.25, 0.3) is 5.82 Å². The quantitative estimate of drug-likeness (QED) is 0.719. The van der Waals surface area contributed by atoms with Crippen LogP contribution in [0.1, 0.15) is 16.3 Å². The minimum atomic E-state index is 0.813. The van der Waals surface area contributed by atoms with E-state index in [1.54, 1.807) is 17.7 Å². The Morgan fingerprint density at radius 2 is 1.60 bits per heavy atom. The van der Waals surface area contributed by atoms with Crippen molar-refractivity contribution in [2.24, 2.45) is 0 Å². The van der Waals surface area contributed by atoms with Gasteiger partial charge in [-0.15, -0.1) is 11.3 Å². The van der Waals surface area contributed by atoms with Crippen LogP contribution < -0.4 is 9.80 Å². The van der Waals surface area contributed by atoms with Crippen LogP contribution in [0.5, 0.6) is 0 Å². The van der Waals surface area contributed by atoms with Gasteiger partial charge in [0.2, 0.25) is 0 Å². The highest BCUT2D eigenvalue weighted by Crippen LogP contribution is 2.24. The van der Waals surface area contributed by atoms with E-state index in [1.165, 1.54) is 4.88 Å². The van der Waals surface area contributed by atoms with Gasteiger partial charge in [0.1, 0.15) is 12.1 Å². The number of aromatic nitrogens is 5. The van der Waals surface area contributed by atoms with Gasteiger partial charge in [-0.1, -0.05) is 0 Å². The van der Waals surface area contributed by atoms with Crippen molar-refractivity contribution in [3.63, 3.8) is 0 Å². The van der Waals surface area contributed by atoms with Crippen molar-refractivity contribution in [1.29, 1.82) is 0 Å². The Kier molecular flexibility index (Phi) is 4.12. The topological polar surface area (TPSA) is 63.0 Å². The maximum absolute atomic E-state index is 4.51. The molecule has 25 heavy (non-hydrogen) atoms. The second-order valence-electron chi connectivity index (χ2n) is 6.30. The number of hydrogen-bond donors (Lipinski definition) is 0. The van der Waals surface area contributed by atoms with Crippen LogP contribution in [0.15, 0.2) is 24.7 Å². The third kappa shape index (κ3) is 3.21. The van der Waals surface area contributed by atoms with Crippen molar-refractivity contribution in [3.05, 3.63) is 40.9 Å². The molecular formula is C17H21N7S. The highest BCUT2D eigenvalue weighted by Gasteiger charge is 2.20. The summed E-state index contributed by atoms with van der Waals surface area (Å²) in [5, 5.41) is 5.63. The van der Waals surface area contributed by atoms with E-state index in [0.717, 1.165) is 54.3 Å². The molecule has 0 spiro atoms. The molecule has 0 aromatic carbocycles. The van der Waals surface area contributed by atoms with E-state index in [1.807, 2.05) is 30.8 Å². The molecule has 1 aliphatic rings. The minimum Gasteiger partial charge on any atom is -0.353 e. The van der Waals surface area contributed by atoms with Gasteiger partial charge in [-0.2, -0.15) is 5.10 Å². The zero-order chi connectivity index (χ0) is 17.4. The molecule has 0 radical (unpaired) electrons. The van der Waals surface area contributed by atoms with Crippen molar-refractivity contribution in [2.75, 3.05) is 36.0 Å². The fraction of sp³-hybridized carbons (Fsp3) is 0.412. The highest BCUT2D eigenvalue weighted by atomic mass is 32.1. The predicted octanol–water partition coefficient (Wildman–Crippen LogP) is 2.37. The fourth-order valence-electron chi connectivity index (χ4n) is 3.10. The van der Waals surface area contributed by atoms with Gasteiger partial charge in [0.25, 0.3) is 0 Å². The zero-order valence-electron chi connectivity index (χ0n) is 14.7. The SMILES string of the molecule is Cc1cc(C)n(-c2cc(N3CCN(c4ncc(C)s4)CC3)ncn2)n1. The Hall–Kier alpha value is -2.48. The summed E-state index contributed by atoms with van der Waals surface area (Å²) in [4.78, 5) is 19.2. The number of thiazole rings is 1. The number of piperazine rings is 1. The van der Waals surface area contributed by atoms with Crippen LogP contribution in [0.2, 0.25) is 0 Å². The van der Waals surface area contributed by atoms with Gasteiger partial charge in [0.15, 0.2) is 10.9 Å². The van der Waals surface area contributed by atoms with Gasteiger partial charge >= 0.3 is 0 Å². The van der Waals surface area contributed by atoms with E-state index >= 15 is 0 Å². The smallest absolute Gasteiger partial charge is 0.185 e. The second-order valence-corrected chi connectivity index (χ2v) is 7.51. The maximum Gasteiger partial charge on any atom is 0.185 e. The normalized spacial score (nSPS) is 15.0. The summed E-state index contributed by atoms with van der Waals surface area (Å²) in [5.41, 5.74) is 2.07. The lowest BCUT2D eigenvalue weighted by Gasteiger charge is -2.35. The monoisotopic (exact) mass is 355 g/mol. The molecule has 3 aromatic heterocycles. The van der Waals surface area contributed by atoms with Gasteiger partial charge in [-0.3, -0.25) is 0 Å². The molecule has 1 aliphatic heterocycles. The molecule has 4 heterocycles. The van der Waals surface area contributed by atoms with Crippen LogP contribution in [-0.4, -0.2) is 50.9 Å². The van der Waals surface area contributed by atoms with Crippen molar-refractivity contribution in [2.45, 2.75) is 20.8 Å². The average molecular weight is 355 g/mol. The lowest BCUT2D eigenvalue weighted by atomic mass is 10.3. The van der Waals surface area contributed by atoms with Gasteiger partial charge < -0.3 is 9.80 Å². The van der Waals surface area contributed by atoms with E-state index < -0.39 is 0 Å². The van der Waals surface area contributed by atoms with Gasteiger partial charge in [0, 0.05) is 49.0 Å². The molecule has 0 N–H and O–H groups in total. The Labute approximate surface area is 151 Å². The van der Waals surface area contributed by atoms with Crippen LogP contribution >= 0.6 is 11.3 Å². The summed E-state index contributed by atoms with van der Waals surface area (Å²) in [6, 6.07) is 4.07. The maximum atomic E-state index is 4.51. The molecule has 0 amide bonds. The molecule has 0 saturated carbocycles. The average Bonchev–Trinajstić information content (AvgIpc) is 3.20. The zero-order valence-corrected chi connectivity index (χ0v) is 15.5. The lowest BCUT2D eigenvalue weighted by Crippen LogP contribution is -2.46. The Morgan fingerprint density at radius 1 is 0.880 bits per heavy atom. The Morgan fingerprint density at radius 3 is 2.24 bits per heavy atom. The summed E-state index contributed by atoms with van der Waals surface area (Å²) >= 11 is 1.75. The largest absolute Gasteiger partial charge is 0.353 e. The van der Waals surface area contributed by atoms with Crippen molar-refractivity contribution >= 4 is 22.3 Å². The first-order chi connectivity index (χ1) is 12.1. The Bertz CT molecular complexity index is 877. The summed E-state index contributed by atoms with van der Waals surface area (Å²) in [6.07, 6.45) is 3.56. The molecule has 1 saturated heterocycles. The van der Waals surface area contributed by atoms with E-state index in [-0.39, 0.29) is 0 Å². The number of aryl methyl sites for hydroxylation is 3. The van der Waals surface area contributed by atoms with E-state index in [2.05, 4.69) is 42.8 Å². The number of anilines is 2. The fourth-order valence-corrected chi connectivity index (χ4v) is 3.91. The highest BCUT2D eigenvalue weighted by molar-refractivity contribution is 7.15. The van der Waals surface area contributed by atoms with Gasteiger partial charge in [-0.25, -0.2) is 19.6 Å². The lowest BCUT2D eigenvalue weighted by molar-refractivity contribution is 0.644. The first-order valence-corrected chi connectivity index (χ1v) is 9.20.